The third-order valence-electron chi connectivity index (χ3n) is 3.51. The summed E-state index contributed by atoms with van der Waals surface area (Å²) in [7, 11) is 0. The number of likely N-dealkylation sites (tertiary alicyclic amines) is 1. The molecule has 0 atom stereocenters. The van der Waals surface area contributed by atoms with Crippen LogP contribution in [0.1, 0.15) is 19.3 Å². The minimum atomic E-state index is -0.356. The molecular weight excluding hydrogens is 305 g/mol. The molecule has 1 aromatic heterocycles. The van der Waals surface area contributed by atoms with Crippen molar-refractivity contribution >= 4 is 17.7 Å². The standard InChI is InChI=1S/C15H16FN3O2S/c16-12-6-4-5-11(9-12)14-17-18-15(21-14)22-10-13(20)19-7-2-1-3-8-19/h4-6,9H,1-3,7-8,10H2. The van der Waals surface area contributed by atoms with Crippen LogP contribution < -0.4 is 0 Å². The predicted octanol–water partition coefficient (Wildman–Crippen LogP) is 2.98. The molecule has 1 saturated heterocycles. The number of halogens is 1. The Bertz CT molecular complexity index is 656. The maximum absolute atomic E-state index is 13.2. The molecule has 0 unspecified atom stereocenters. The van der Waals surface area contributed by atoms with E-state index >= 15 is 0 Å². The number of hydrogen-bond acceptors (Lipinski definition) is 5. The molecule has 0 bridgehead atoms. The lowest BCUT2D eigenvalue weighted by atomic mass is 10.1. The monoisotopic (exact) mass is 321 g/mol. The highest BCUT2D eigenvalue weighted by atomic mass is 32.2. The Balaban J connectivity index is 1.59. The van der Waals surface area contributed by atoms with E-state index in [1.165, 1.54) is 30.3 Å². The van der Waals surface area contributed by atoms with Crippen molar-refractivity contribution in [2.24, 2.45) is 0 Å². The maximum Gasteiger partial charge on any atom is 0.277 e. The minimum absolute atomic E-state index is 0.0928. The summed E-state index contributed by atoms with van der Waals surface area (Å²) in [5.41, 5.74) is 0.529. The highest BCUT2D eigenvalue weighted by Gasteiger charge is 2.18. The first-order chi connectivity index (χ1) is 10.7. The van der Waals surface area contributed by atoms with Gasteiger partial charge in [-0.1, -0.05) is 17.8 Å². The van der Waals surface area contributed by atoms with Crippen LogP contribution >= 0.6 is 11.8 Å². The molecule has 0 saturated carbocycles. The van der Waals surface area contributed by atoms with Gasteiger partial charge in [0, 0.05) is 18.7 Å². The average Bonchev–Trinajstić information content (AvgIpc) is 3.02. The number of rotatable bonds is 4. The van der Waals surface area contributed by atoms with Crippen molar-refractivity contribution in [3.63, 3.8) is 0 Å². The fourth-order valence-corrected chi connectivity index (χ4v) is 3.03. The smallest absolute Gasteiger partial charge is 0.277 e. The van der Waals surface area contributed by atoms with E-state index < -0.39 is 0 Å². The number of carbonyl (C=O) groups excluding carboxylic acids is 1. The molecule has 0 N–H and O–H groups in total. The van der Waals surface area contributed by atoms with Crippen LogP contribution in [0.5, 0.6) is 0 Å². The third-order valence-corrected chi connectivity index (χ3v) is 4.31. The molecule has 1 aliphatic rings. The lowest BCUT2D eigenvalue weighted by molar-refractivity contribution is -0.129. The zero-order valence-corrected chi connectivity index (χ0v) is 12.8. The molecule has 5 nitrogen and oxygen atoms in total. The molecule has 7 heteroatoms. The van der Waals surface area contributed by atoms with Crippen LogP contribution in [0.15, 0.2) is 33.9 Å². The summed E-state index contributed by atoms with van der Waals surface area (Å²) in [5.74, 6) is 0.276. The summed E-state index contributed by atoms with van der Waals surface area (Å²) >= 11 is 1.22. The summed E-state index contributed by atoms with van der Waals surface area (Å²) in [6.45, 7) is 1.66. The molecule has 1 fully saturated rings. The van der Waals surface area contributed by atoms with Gasteiger partial charge in [-0.3, -0.25) is 4.79 Å². The Hall–Kier alpha value is -1.89. The van der Waals surface area contributed by atoms with Crippen LogP contribution in [0, 0.1) is 5.82 Å². The molecule has 2 aromatic rings. The minimum Gasteiger partial charge on any atom is -0.411 e. The van der Waals surface area contributed by atoms with Crippen molar-refractivity contribution in [2.75, 3.05) is 18.8 Å². The fourth-order valence-electron chi connectivity index (χ4n) is 2.36. The summed E-state index contributed by atoms with van der Waals surface area (Å²) in [5, 5.41) is 8.11. The number of carbonyl (C=O) groups is 1. The Morgan fingerprint density at radius 2 is 2.09 bits per heavy atom. The lowest BCUT2D eigenvalue weighted by Gasteiger charge is -2.26. The van der Waals surface area contributed by atoms with E-state index in [4.69, 9.17) is 4.42 Å². The first-order valence-corrected chi connectivity index (χ1v) is 8.21. The van der Waals surface area contributed by atoms with Crippen LogP contribution in [0.4, 0.5) is 4.39 Å². The molecule has 0 aliphatic carbocycles. The van der Waals surface area contributed by atoms with Gasteiger partial charge in [-0.15, -0.1) is 10.2 Å². The zero-order valence-electron chi connectivity index (χ0n) is 12.0. The summed E-state index contributed by atoms with van der Waals surface area (Å²) in [4.78, 5) is 13.9. The largest absolute Gasteiger partial charge is 0.411 e. The van der Waals surface area contributed by atoms with Crippen LogP contribution in [0.25, 0.3) is 11.5 Å². The molecular formula is C15H16FN3O2S. The van der Waals surface area contributed by atoms with E-state index in [1.807, 2.05) is 4.90 Å². The van der Waals surface area contributed by atoms with Crippen LogP contribution in [-0.2, 0) is 4.79 Å². The van der Waals surface area contributed by atoms with Gasteiger partial charge in [0.25, 0.3) is 5.22 Å². The van der Waals surface area contributed by atoms with Crippen molar-refractivity contribution in [2.45, 2.75) is 24.5 Å². The Kier molecular flexibility index (Phi) is 4.72. The Morgan fingerprint density at radius 3 is 2.86 bits per heavy atom. The van der Waals surface area contributed by atoms with Gasteiger partial charge in [-0.2, -0.15) is 0 Å². The SMILES string of the molecule is O=C(CSc1nnc(-c2cccc(F)c2)o1)N1CCCCC1. The van der Waals surface area contributed by atoms with Crippen molar-refractivity contribution in [3.8, 4) is 11.5 Å². The van der Waals surface area contributed by atoms with Crippen molar-refractivity contribution in [1.29, 1.82) is 0 Å². The molecule has 116 valence electrons. The number of nitrogens with zero attached hydrogens (tertiary/aromatic N) is 3. The van der Waals surface area contributed by atoms with E-state index in [-0.39, 0.29) is 23.4 Å². The van der Waals surface area contributed by atoms with Gasteiger partial charge in [0.15, 0.2) is 0 Å². The molecule has 3 rings (SSSR count). The number of aromatic nitrogens is 2. The van der Waals surface area contributed by atoms with Crippen LogP contribution in [0.3, 0.4) is 0 Å². The number of hydrogen-bond donors (Lipinski definition) is 0. The van der Waals surface area contributed by atoms with Gasteiger partial charge in [-0.05, 0) is 37.5 Å². The molecule has 1 aromatic carbocycles. The first kappa shape index (κ1) is 15.0. The Morgan fingerprint density at radius 1 is 1.27 bits per heavy atom. The van der Waals surface area contributed by atoms with Gasteiger partial charge in [0.1, 0.15) is 5.82 Å². The predicted molar refractivity (Wildman–Crippen MR) is 80.8 cm³/mol. The molecule has 2 heterocycles. The number of amides is 1. The average molecular weight is 321 g/mol. The van der Waals surface area contributed by atoms with Crippen molar-refractivity contribution in [3.05, 3.63) is 30.1 Å². The highest BCUT2D eigenvalue weighted by molar-refractivity contribution is 7.99. The topological polar surface area (TPSA) is 59.2 Å². The van der Waals surface area contributed by atoms with Gasteiger partial charge >= 0.3 is 0 Å². The number of benzene rings is 1. The number of thioether (sulfide) groups is 1. The summed E-state index contributed by atoms with van der Waals surface area (Å²) < 4.78 is 18.6. The molecule has 0 spiro atoms. The van der Waals surface area contributed by atoms with E-state index in [0.29, 0.717) is 10.8 Å². The van der Waals surface area contributed by atoms with Gasteiger partial charge in [0.2, 0.25) is 11.8 Å². The van der Waals surface area contributed by atoms with E-state index in [2.05, 4.69) is 10.2 Å². The number of piperidine rings is 1. The van der Waals surface area contributed by atoms with Crippen molar-refractivity contribution < 1.29 is 13.6 Å². The lowest BCUT2D eigenvalue weighted by Crippen LogP contribution is -2.36. The maximum atomic E-state index is 13.2. The molecule has 22 heavy (non-hydrogen) atoms. The van der Waals surface area contributed by atoms with Crippen LogP contribution in [0.2, 0.25) is 0 Å². The van der Waals surface area contributed by atoms with Gasteiger partial charge in [-0.25, -0.2) is 4.39 Å². The van der Waals surface area contributed by atoms with Crippen LogP contribution in [-0.4, -0.2) is 39.8 Å². The normalized spacial score (nSPS) is 15.0. The van der Waals surface area contributed by atoms with Gasteiger partial charge < -0.3 is 9.32 Å². The highest BCUT2D eigenvalue weighted by Crippen LogP contribution is 2.24. The van der Waals surface area contributed by atoms with E-state index in [0.717, 1.165) is 25.9 Å². The molecule has 1 aliphatic heterocycles. The molecule has 1 amide bonds. The third kappa shape index (κ3) is 3.65. The first-order valence-electron chi connectivity index (χ1n) is 7.22. The second kappa shape index (κ2) is 6.91. The zero-order chi connectivity index (χ0) is 15.4. The van der Waals surface area contributed by atoms with E-state index in [9.17, 15) is 9.18 Å². The van der Waals surface area contributed by atoms with Gasteiger partial charge in [0.05, 0.1) is 5.75 Å². The van der Waals surface area contributed by atoms with E-state index in [1.54, 1.807) is 12.1 Å². The summed E-state index contributed by atoms with van der Waals surface area (Å²) in [6, 6.07) is 5.97. The quantitative estimate of drug-likeness (QED) is 0.810. The second-order valence-electron chi connectivity index (χ2n) is 5.11. The second-order valence-corrected chi connectivity index (χ2v) is 6.04. The van der Waals surface area contributed by atoms with Crippen molar-refractivity contribution in [1.82, 2.24) is 15.1 Å². The fraction of sp³-hybridized carbons (Fsp3) is 0.400. The summed E-state index contributed by atoms with van der Waals surface area (Å²) in [6.07, 6.45) is 3.33. The molecule has 0 radical (unpaired) electrons. The Labute approximate surface area is 131 Å².